The van der Waals surface area contributed by atoms with Crippen molar-refractivity contribution < 1.29 is 0 Å². The molecule has 3 atom stereocenters. The minimum absolute atomic E-state index is 0.712. The first-order valence-corrected chi connectivity index (χ1v) is 9.57. The van der Waals surface area contributed by atoms with Gasteiger partial charge in [-0.15, -0.1) is 0 Å². The summed E-state index contributed by atoms with van der Waals surface area (Å²) in [7, 11) is 0. The minimum Gasteiger partial charge on any atom is -0.311 e. The van der Waals surface area contributed by atoms with E-state index in [1.807, 2.05) is 0 Å². The van der Waals surface area contributed by atoms with Crippen LogP contribution in [0.3, 0.4) is 0 Å². The van der Waals surface area contributed by atoms with E-state index in [1.54, 1.807) is 0 Å². The van der Waals surface area contributed by atoms with E-state index in [4.69, 9.17) is 0 Å². The SMILES string of the molecule is CCC(C)C1CN(CC(C2CC2)C2CC2)C(C(C)C)CN1. The molecular formula is C19H36N2. The molecule has 1 N–H and O–H groups in total. The van der Waals surface area contributed by atoms with Crippen LogP contribution < -0.4 is 5.32 Å². The number of hydrogen-bond acceptors (Lipinski definition) is 2. The summed E-state index contributed by atoms with van der Waals surface area (Å²) in [6, 6.07) is 1.47. The molecule has 3 aliphatic rings. The van der Waals surface area contributed by atoms with Gasteiger partial charge in [-0.1, -0.05) is 34.1 Å². The second kappa shape index (κ2) is 6.58. The van der Waals surface area contributed by atoms with Gasteiger partial charge in [-0.2, -0.15) is 0 Å². The molecule has 0 aromatic heterocycles. The second-order valence-corrected chi connectivity index (χ2v) is 8.50. The van der Waals surface area contributed by atoms with Crippen molar-refractivity contribution in [3.63, 3.8) is 0 Å². The first kappa shape index (κ1) is 15.8. The van der Waals surface area contributed by atoms with Crippen LogP contribution in [-0.2, 0) is 0 Å². The van der Waals surface area contributed by atoms with Crippen molar-refractivity contribution in [2.45, 2.75) is 71.9 Å². The lowest BCUT2D eigenvalue weighted by atomic mass is 9.89. The number of piperazine rings is 1. The van der Waals surface area contributed by atoms with Gasteiger partial charge in [-0.25, -0.2) is 0 Å². The van der Waals surface area contributed by atoms with E-state index in [1.165, 1.54) is 51.7 Å². The van der Waals surface area contributed by atoms with Crippen LogP contribution in [0.15, 0.2) is 0 Å². The fraction of sp³-hybridized carbons (Fsp3) is 1.00. The monoisotopic (exact) mass is 292 g/mol. The van der Waals surface area contributed by atoms with E-state index in [0.717, 1.165) is 35.6 Å². The maximum Gasteiger partial charge on any atom is 0.0244 e. The summed E-state index contributed by atoms with van der Waals surface area (Å²) in [5.74, 6) is 4.78. The highest BCUT2D eigenvalue weighted by atomic mass is 15.2. The summed E-state index contributed by atoms with van der Waals surface area (Å²) in [4.78, 5) is 2.89. The molecule has 1 saturated heterocycles. The average Bonchev–Trinajstić information content (AvgIpc) is 3.36. The van der Waals surface area contributed by atoms with Crippen LogP contribution in [0.25, 0.3) is 0 Å². The summed E-state index contributed by atoms with van der Waals surface area (Å²) in [5, 5.41) is 3.85. The quantitative estimate of drug-likeness (QED) is 0.768. The van der Waals surface area contributed by atoms with Gasteiger partial charge in [0.2, 0.25) is 0 Å². The van der Waals surface area contributed by atoms with Gasteiger partial charge in [0.05, 0.1) is 0 Å². The van der Waals surface area contributed by atoms with Crippen molar-refractivity contribution in [1.29, 1.82) is 0 Å². The molecule has 21 heavy (non-hydrogen) atoms. The lowest BCUT2D eigenvalue weighted by molar-refractivity contribution is 0.0597. The molecular weight excluding hydrogens is 256 g/mol. The summed E-state index contributed by atoms with van der Waals surface area (Å²) < 4.78 is 0. The lowest BCUT2D eigenvalue weighted by Crippen LogP contribution is -2.60. The van der Waals surface area contributed by atoms with Gasteiger partial charge >= 0.3 is 0 Å². The van der Waals surface area contributed by atoms with E-state index >= 15 is 0 Å². The Hall–Kier alpha value is -0.0800. The summed E-state index contributed by atoms with van der Waals surface area (Å²) in [6.45, 7) is 13.5. The number of rotatable bonds is 7. The zero-order valence-corrected chi connectivity index (χ0v) is 14.6. The van der Waals surface area contributed by atoms with E-state index < -0.39 is 0 Å². The molecule has 3 unspecified atom stereocenters. The van der Waals surface area contributed by atoms with Crippen LogP contribution in [0.5, 0.6) is 0 Å². The Morgan fingerprint density at radius 3 is 2.14 bits per heavy atom. The molecule has 0 radical (unpaired) electrons. The Labute approximate surface area is 132 Å². The highest BCUT2D eigenvalue weighted by Crippen LogP contribution is 2.49. The fourth-order valence-corrected chi connectivity index (χ4v) is 4.39. The summed E-state index contributed by atoms with van der Waals surface area (Å²) in [5.41, 5.74) is 0. The van der Waals surface area contributed by atoms with Crippen LogP contribution in [-0.4, -0.2) is 36.6 Å². The van der Waals surface area contributed by atoms with Gasteiger partial charge in [-0.05, 0) is 55.3 Å². The average molecular weight is 293 g/mol. The maximum atomic E-state index is 3.85. The number of nitrogens with one attached hydrogen (secondary N) is 1. The molecule has 2 heteroatoms. The third-order valence-electron chi connectivity index (χ3n) is 6.49. The third-order valence-corrected chi connectivity index (χ3v) is 6.49. The minimum atomic E-state index is 0.712. The predicted molar refractivity (Wildman–Crippen MR) is 90.4 cm³/mol. The van der Waals surface area contributed by atoms with Crippen molar-refractivity contribution in [1.82, 2.24) is 10.2 Å². The van der Waals surface area contributed by atoms with Gasteiger partial charge in [0.1, 0.15) is 0 Å². The summed E-state index contributed by atoms with van der Waals surface area (Å²) >= 11 is 0. The lowest BCUT2D eigenvalue weighted by Gasteiger charge is -2.45. The standard InChI is InChI=1S/C19H36N2/c1-5-14(4)18-12-21(19(10-20-18)13(2)3)11-17(15-6-7-15)16-8-9-16/h13-20H,5-12H2,1-4H3. The van der Waals surface area contributed by atoms with E-state index in [-0.39, 0.29) is 0 Å². The third kappa shape index (κ3) is 3.82. The Morgan fingerprint density at radius 2 is 1.67 bits per heavy atom. The number of hydrogen-bond donors (Lipinski definition) is 1. The van der Waals surface area contributed by atoms with Crippen molar-refractivity contribution >= 4 is 0 Å². The predicted octanol–water partition coefficient (Wildman–Crippen LogP) is 3.77. The molecule has 0 amide bonds. The van der Waals surface area contributed by atoms with Gasteiger partial charge in [-0.3, -0.25) is 4.90 Å². The van der Waals surface area contributed by atoms with Crippen LogP contribution in [0.2, 0.25) is 0 Å². The van der Waals surface area contributed by atoms with Crippen molar-refractivity contribution in [3.05, 3.63) is 0 Å². The van der Waals surface area contributed by atoms with Crippen LogP contribution >= 0.6 is 0 Å². The molecule has 0 bridgehead atoms. The Kier molecular flexibility index (Phi) is 4.95. The first-order chi connectivity index (χ1) is 10.1. The highest BCUT2D eigenvalue weighted by molar-refractivity contribution is 4.96. The smallest absolute Gasteiger partial charge is 0.0244 e. The molecule has 3 rings (SSSR count). The molecule has 1 heterocycles. The molecule has 0 aromatic rings. The zero-order chi connectivity index (χ0) is 15.0. The molecule has 3 fully saturated rings. The molecule has 0 aromatic carbocycles. The Balaban J connectivity index is 1.64. The van der Waals surface area contributed by atoms with Crippen molar-refractivity contribution in [2.24, 2.45) is 29.6 Å². The van der Waals surface area contributed by atoms with E-state index in [9.17, 15) is 0 Å². The highest BCUT2D eigenvalue weighted by Gasteiger charge is 2.43. The summed E-state index contributed by atoms with van der Waals surface area (Å²) in [6.07, 6.45) is 7.39. The van der Waals surface area contributed by atoms with Crippen molar-refractivity contribution in [2.75, 3.05) is 19.6 Å². The fourth-order valence-electron chi connectivity index (χ4n) is 4.39. The van der Waals surface area contributed by atoms with Gasteiger partial charge < -0.3 is 5.32 Å². The topological polar surface area (TPSA) is 15.3 Å². The Bertz CT molecular complexity index is 320. The molecule has 0 spiro atoms. The zero-order valence-electron chi connectivity index (χ0n) is 14.6. The van der Waals surface area contributed by atoms with Gasteiger partial charge in [0.25, 0.3) is 0 Å². The van der Waals surface area contributed by atoms with Crippen LogP contribution in [0, 0.1) is 29.6 Å². The first-order valence-electron chi connectivity index (χ1n) is 9.57. The largest absolute Gasteiger partial charge is 0.311 e. The van der Waals surface area contributed by atoms with Crippen LogP contribution in [0.1, 0.15) is 59.8 Å². The molecule has 122 valence electrons. The van der Waals surface area contributed by atoms with Crippen LogP contribution in [0.4, 0.5) is 0 Å². The Morgan fingerprint density at radius 1 is 1.05 bits per heavy atom. The van der Waals surface area contributed by atoms with Gasteiger partial charge in [0, 0.05) is 31.7 Å². The normalized spacial score (nSPS) is 32.9. The molecule has 2 aliphatic carbocycles. The van der Waals surface area contributed by atoms with E-state index in [2.05, 4.69) is 37.9 Å². The second-order valence-electron chi connectivity index (χ2n) is 8.50. The molecule has 2 saturated carbocycles. The molecule has 2 nitrogen and oxygen atoms in total. The maximum absolute atomic E-state index is 3.85. The van der Waals surface area contributed by atoms with Gasteiger partial charge in [0.15, 0.2) is 0 Å². The number of nitrogens with zero attached hydrogens (tertiary/aromatic N) is 1. The molecule has 1 aliphatic heterocycles. The van der Waals surface area contributed by atoms with E-state index in [0.29, 0.717) is 6.04 Å². The van der Waals surface area contributed by atoms with Crippen molar-refractivity contribution in [3.8, 4) is 0 Å².